The van der Waals surface area contributed by atoms with Gasteiger partial charge in [0.25, 0.3) is 11.8 Å². The summed E-state index contributed by atoms with van der Waals surface area (Å²) in [6, 6.07) is 21.7. The highest BCUT2D eigenvalue weighted by Gasteiger charge is 2.18. The average molecular weight is 642 g/mol. The number of carbonyl (C=O) groups excluding carboxylic acids is 2. The molecule has 238 valence electrons. The van der Waals surface area contributed by atoms with Crippen LogP contribution in [0, 0.1) is 0 Å². The zero-order valence-electron chi connectivity index (χ0n) is 25.4. The number of piperidine rings is 1. The standard InChI is InChI=1S/C35H36FN5O4S/c36-20-24-6-4-7-25(16-24)21-37-35(45)32-19-31(38-23-39-32)29-18-28(41-13-2-1-3-14-41)10-11-30(29)40-34(44)27-9-5-8-26(17-27)22-46-15-12-33(42)43/h4-11,16-19,23H,1-3,12-15,20-22H2,(H,37,45)(H,40,44)(H,42,43). The van der Waals surface area contributed by atoms with Crippen LogP contribution in [0.4, 0.5) is 15.8 Å². The fourth-order valence-corrected chi connectivity index (χ4v) is 6.15. The van der Waals surface area contributed by atoms with Gasteiger partial charge in [-0.05, 0) is 72.4 Å². The number of carboxylic acid groups (broad SMARTS) is 1. The molecule has 3 N–H and O–H groups in total. The fraction of sp³-hybridized carbons (Fsp3) is 0.286. The van der Waals surface area contributed by atoms with Gasteiger partial charge in [-0.25, -0.2) is 14.4 Å². The maximum absolute atomic E-state index is 13.5. The number of benzene rings is 3. The van der Waals surface area contributed by atoms with Gasteiger partial charge in [0.15, 0.2) is 0 Å². The van der Waals surface area contributed by atoms with E-state index in [9.17, 15) is 18.8 Å². The van der Waals surface area contributed by atoms with Crippen LogP contribution in [0.3, 0.4) is 0 Å². The number of carboxylic acids is 1. The molecule has 1 aliphatic rings. The Bertz CT molecular complexity index is 1700. The van der Waals surface area contributed by atoms with Crippen molar-refractivity contribution in [3.63, 3.8) is 0 Å². The number of nitrogens with one attached hydrogen (secondary N) is 2. The van der Waals surface area contributed by atoms with Crippen LogP contribution in [0.2, 0.25) is 0 Å². The molecule has 1 fully saturated rings. The van der Waals surface area contributed by atoms with E-state index in [4.69, 9.17) is 5.11 Å². The molecule has 1 aromatic heterocycles. The Morgan fingerprint density at radius 3 is 2.46 bits per heavy atom. The van der Waals surface area contributed by atoms with E-state index in [1.807, 2.05) is 36.4 Å². The number of halogens is 1. The van der Waals surface area contributed by atoms with Crippen LogP contribution >= 0.6 is 11.8 Å². The van der Waals surface area contributed by atoms with Gasteiger partial charge in [-0.2, -0.15) is 11.8 Å². The zero-order chi connectivity index (χ0) is 32.3. The number of carbonyl (C=O) groups is 3. The number of aliphatic carboxylic acids is 1. The van der Waals surface area contributed by atoms with Crippen molar-refractivity contribution in [3.05, 3.63) is 107 Å². The van der Waals surface area contributed by atoms with Crippen molar-refractivity contribution in [2.24, 2.45) is 0 Å². The van der Waals surface area contributed by atoms with Crippen LogP contribution in [-0.2, 0) is 23.8 Å². The molecule has 0 unspecified atom stereocenters. The van der Waals surface area contributed by atoms with Gasteiger partial charge in [-0.3, -0.25) is 14.4 Å². The van der Waals surface area contributed by atoms with Crippen LogP contribution in [0.5, 0.6) is 0 Å². The third-order valence-corrected chi connectivity index (χ3v) is 8.70. The van der Waals surface area contributed by atoms with Crippen molar-refractivity contribution >= 4 is 40.9 Å². The van der Waals surface area contributed by atoms with Gasteiger partial charge >= 0.3 is 5.97 Å². The number of rotatable bonds is 13. The van der Waals surface area contributed by atoms with Gasteiger partial charge < -0.3 is 20.6 Å². The van der Waals surface area contributed by atoms with Gasteiger partial charge in [0.1, 0.15) is 18.7 Å². The quantitative estimate of drug-likeness (QED) is 0.142. The number of nitrogens with zero attached hydrogens (tertiary/aromatic N) is 3. The number of alkyl halides is 1. The molecule has 9 nitrogen and oxygen atoms in total. The third kappa shape index (κ3) is 8.91. The van der Waals surface area contributed by atoms with Crippen molar-refractivity contribution in [2.75, 3.05) is 29.1 Å². The zero-order valence-corrected chi connectivity index (χ0v) is 26.2. The predicted octanol–water partition coefficient (Wildman–Crippen LogP) is 6.49. The summed E-state index contributed by atoms with van der Waals surface area (Å²) in [7, 11) is 0. The van der Waals surface area contributed by atoms with Crippen LogP contribution < -0.4 is 15.5 Å². The van der Waals surface area contributed by atoms with Gasteiger partial charge in [0.05, 0.1) is 17.8 Å². The summed E-state index contributed by atoms with van der Waals surface area (Å²) in [5.74, 6) is -0.447. The molecule has 2 amide bonds. The molecule has 1 aliphatic heterocycles. The van der Waals surface area contributed by atoms with E-state index in [0.29, 0.717) is 39.6 Å². The Balaban J connectivity index is 1.37. The molecular weight excluding hydrogens is 605 g/mol. The number of hydrogen-bond donors (Lipinski definition) is 3. The molecule has 0 spiro atoms. The maximum atomic E-state index is 13.5. The molecule has 4 aromatic rings. The Morgan fingerprint density at radius 1 is 0.870 bits per heavy atom. The lowest BCUT2D eigenvalue weighted by Crippen LogP contribution is -2.29. The topological polar surface area (TPSA) is 125 Å². The summed E-state index contributed by atoms with van der Waals surface area (Å²) in [6.07, 6.45) is 4.81. The smallest absolute Gasteiger partial charge is 0.304 e. The molecule has 0 aliphatic carbocycles. The van der Waals surface area contributed by atoms with E-state index in [2.05, 4.69) is 25.5 Å². The third-order valence-electron chi connectivity index (χ3n) is 7.67. The molecule has 46 heavy (non-hydrogen) atoms. The van der Waals surface area contributed by atoms with E-state index in [1.165, 1.54) is 24.5 Å². The van der Waals surface area contributed by atoms with Crippen LogP contribution in [0.25, 0.3) is 11.3 Å². The average Bonchev–Trinajstić information content (AvgIpc) is 3.09. The molecular formula is C35H36FN5O4S. The normalized spacial score (nSPS) is 12.8. The lowest BCUT2D eigenvalue weighted by atomic mass is 10.0. The first-order valence-electron chi connectivity index (χ1n) is 15.2. The Labute approximate surface area is 271 Å². The maximum Gasteiger partial charge on any atom is 0.304 e. The molecule has 0 bridgehead atoms. The highest BCUT2D eigenvalue weighted by Crippen LogP contribution is 2.33. The van der Waals surface area contributed by atoms with Gasteiger partial charge in [0.2, 0.25) is 0 Å². The van der Waals surface area contributed by atoms with Gasteiger partial charge in [0, 0.05) is 48.0 Å². The summed E-state index contributed by atoms with van der Waals surface area (Å²) in [5.41, 5.74) is 5.57. The number of aromatic nitrogens is 2. The van der Waals surface area contributed by atoms with E-state index in [0.717, 1.165) is 42.7 Å². The predicted molar refractivity (Wildman–Crippen MR) is 179 cm³/mol. The second kappa shape index (κ2) is 16.0. The van der Waals surface area contributed by atoms with Crippen molar-refractivity contribution < 1.29 is 23.9 Å². The second-order valence-corrected chi connectivity index (χ2v) is 12.2. The SMILES string of the molecule is O=C(O)CCSCc1cccc(C(=O)Nc2ccc(N3CCCCC3)cc2-c2cc(C(=O)NCc3cccc(CF)c3)ncn2)c1. The minimum atomic E-state index is -0.834. The molecule has 0 atom stereocenters. The molecule has 3 aromatic carbocycles. The van der Waals surface area contributed by atoms with Gasteiger partial charge in [-0.1, -0.05) is 36.4 Å². The molecule has 11 heteroatoms. The van der Waals surface area contributed by atoms with Crippen molar-refractivity contribution in [3.8, 4) is 11.3 Å². The van der Waals surface area contributed by atoms with Crippen LogP contribution in [0.15, 0.2) is 79.1 Å². The first kappa shape index (κ1) is 32.6. The monoisotopic (exact) mass is 641 g/mol. The molecule has 1 saturated heterocycles. The summed E-state index contributed by atoms with van der Waals surface area (Å²) >= 11 is 1.50. The lowest BCUT2D eigenvalue weighted by molar-refractivity contribution is -0.136. The number of anilines is 2. The lowest BCUT2D eigenvalue weighted by Gasteiger charge is -2.29. The molecule has 5 rings (SSSR count). The highest BCUT2D eigenvalue weighted by atomic mass is 32.2. The van der Waals surface area contributed by atoms with E-state index >= 15 is 0 Å². The Hall–Kier alpha value is -4.77. The molecule has 0 radical (unpaired) electrons. The summed E-state index contributed by atoms with van der Waals surface area (Å²) in [5, 5.41) is 14.8. The minimum Gasteiger partial charge on any atom is -0.481 e. The highest BCUT2D eigenvalue weighted by molar-refractivity contribution is 7.98. The number of amides is 2. The van der Waals surface area contributed by atoms with Crippen LogP contribution in [-0.4, -0.2) is 51.7 Å². The summed E-state index contributed by atoms with van der Waals surface area (Å²) < 4.78 is 13.1. The summed E-state index contributed by atoms with van der Waals surface area (Å²) in [4.78, 5) is 48.4. The Kier molecular flexibility index (Phi) is 11.3. The van der Waals surface area contributed by atoms with Crippen molar-refractivity contribution in [2.45, 2.75) is 44.7 Å². The van der Waals surface area contributed by atoms with Crippen molar-refractivity contribution in [1.82, 2.24) is 15.3 Å². The van der Waals surface area contributed by atoms with E-state index < -0.39 is 18.6 Å². The molecule has 2 heterocycles. The number of hydrogen-bond acceptors (Lipinski definition) is 7. The first-order chi connectivity index (χ1) is 22.4. The molecule has 0 saturated carbocycles. The van der Waals surface area contributed by atoms with Crippen LogP contribution in [0.1, 0.15) is 63.2 Å². The first-order valence-corrected chi connectivity index (χ1v) is 16.4. The largest absolute Gasteiger partial charge is 0.481 e. The van der Waals surface area contributed by atoms with E-state index in [1.54, 1.807) is 36.4 Å². The summed E-state index contributed by atoms with van der Waals surface area (Å²) in [6.45, 7) is 1.51. The second-order valence-electron chi connectivity index (χ2n) is 11.1. The fourth-order valence-electron chi connectivity index (χ4n) is 5.27. The number of thioether (sulfide) groups is 1. The minimum absolute atomic E-state index is 0.0851. The van der Waals surface area contributed by atoms with E-state index in [-0.39, 0.29) is 24.6 Å². The van der Waals surface area contributed by atoms with Crippen molar-refractivity contribution in [1.29, 1.82) is 0 Å². The Morgan fingerprint density at radius 2 is 1.65 bits per heavy atom. The van der Waals surface area contributed by atoms with Gasteiger partial charge in [-0.15, -0.1) is 0 Å².